The van der Waals surface area contributed by atoms with Crippen LogP contribution in [0.2, 0.25) is 0 Å². The van der Waals surface area contributed by atoms with Crippen LogP contribution in [0.5, 0.6) is 0 Å². The molecule has 0 aromatic carbocycles. The second kappa shape index (κ2) is 5.48. The van der Waals surface area contributed by atoms with Gasteiger partial charge < -0.3 is 10.1 Å². The van der Waals surface area contributed by atoms with Crippen molar-refractivity contribution in [2.45, 2.75) is 24.3 Å². The molecule has 0 aromatic rings. The number of alkyl carbamates (subject to hydrolysis) is 1. The van der Waals surface area contributed by atoms with E-state index in [1.807, 2.05) is 0 Å². The van der Waals surface area contributed by atoms with Crippen molar-refractivity contribution >= 4 is 17.9 Å². The van der Waals surface area contributed by atoms with Gasteiger partial charge in [-0.2, -0.15) is 24.9 Å². The molecule has 0 saturated carbocycles. The van der Waals surface area contributed by atoms with Crippen LogP contribution in [0.4, 0.5) is 18.0 Å². The van der Waals surface area contributed by atoms with Crippen LogP contribution in [0.15, 0.2) is 0 Å². The summed E-state index contributed by atoms with van der Waals surface area (Å²) in [6, 6.07) is 0. The van der Waals surface area contributed by atoms with Gasteiger partial charge in [0.25, 0.3) is 0 Å². The van der Waals surface area contributed by atoms with Gasteiger partial charge in [-0.3, -0.25) is 0 Å². The molecule has 0 aliphatic carbocycles. The zero-order chi connectivity index (χ0) is 11.3. The molecule has 1 aliphatic heterocycles. The van der Waals surface area contributed by atoms with E-state index >= 15 is 0 Å². The van der Waals surface area contributed by atoms with Gasteiger partial charge in [0.1, 0.15) is 0 Å². The van der Waals surface area contributed by atoms with E-state index in [0.29, 0.717) is 11.8 Å². The highest BCUT2D eigenvalue weighted by molar-refractivity contribution is 8.00. The summed E-state index contributed by atoms with van der Waals surface area (Å²) < 4.78 is 38.9. The number of hydrogen-bond acceptors (Lipinski definition) is 3. The second-order valence-electron chi connectivity index (χ2n) is 3.21. The highest BCUT2D eigenvalue weighted by atomic mass is 32.2. The minimum absolute atomic E-state index is 0.309. The van der Waals surface area contributed by atoms with Crippen molar-refractivity contribution in [3.8, 4) is 0 Å². The van der Waals surface area contributed by atoms with Gasteiger partial charge >= 0.3 is 12.3 Å². The van der Waals surface area contributed by atoms with Crippen LogP contribution in [-0.2, 0) is 4.74 Å². The molecule has 0 radical (unpaired) electrons. The first-order chi connectivity index (χ1) is 6.97. The summed E-state index contributed by atoms with van der Waals surface area (Å²) in [7, 11) is 0. The van der Waals surface area contributed by atoms with E-state index in [1.54, 1.807) is 11.8 Å². The number of carbonyl (C=O) groups is 1. The number of hydrogen-bond donors (Lipinski definition) is 1. The predicted octanol–water partition coefficient (Wildman–Crippen LogP) is 2.17. The van der Waals surface area contributed by atoms with Crippen molar-refractivity contribution in [1.82, 2.24) is 5.32 Å². The first-order valence-corrected chi connectivity index (χ1v) is 5.61. The van der Waals surface area contributed by atoms with E-state index in [2.05, 4.69) is 10.1 Å². The first kappa shape index (κ1) is 12.5. The Labute approximate surface area is 89.7 Å². The number of nitrogens with one attached hydrogen (secondary N) is 1. The van der Waals surface area contributed by atoms with Gasteiger partial charge in [0, 0.05) is 11.8 Å². The molecular weight excluding hydrogens is 231 g/mol. The number of ether oxygens (including phenoxy) is 1. The molecule has 0 aromatic heterocycles. The Morgan fingerprint density at radius 2 is 2.27 bits per heavy atom. The van der Waals surface area contributed by atoms with Crippen LogP contribution in [0, 0.1) is 0 Å². The molecule has 1 N–H and O–H groups in total. The van der Waals surface area contributed by atoms with E-state index in [-0.39, 0.29) is 0 Å². The minimum atomic E-state index is -4.46. The summed E-state index contributed by atoms with van der Waals surface area (Å²) >= 11 is 1.72. The third-order valence-corrected chi connectivity index (χ3v) is 3.26. The van der Waals surface area contributed by atoms with Crippen molar-refractivity contribution < 1.29 is 22.7 Å². The normalized spacial score (nSPS) is 21.4. The molecule has 88 valence electrons. The molecule has 1 aliphatic rings. The van der Waals surface area contributed by atoms with Crippen molar-refractivity contribution in [3.05, 3.63) is 0 Å². The number of rotatable bonds is 3. The topological polar surface area (TPSA) is 38.3 Å². The fraction of sp³-hybridized carbons (Fsp3) is 0.875. The lowest BCUT2D eigenvalue weighted by molar-refractivity contribution is -0.160. The zero-order valence-electron chi connectivity index (χ0n) is 7.97. The largest absolute Gasteiger partial charge is 0.440 e. The molecule has 3 nitrogen and oxygen atoms in total. The molecule has 7 heteroatoms. The monoisotopic (exact) mass is 243 g/mol. The summed E-state index contributed by atoms with van der Waals surface area (Å²) in [5, 5.41) is 2.62. The number of alkyl halides is 3. The van der Waals surface area contributed by atoms with Crippen molar-refractivity contribution in [2.75, 3.05) is 18.9 Å². The highest BCUT2D eigenvalue weighted by Crippen LogP contribution is 2.25. The van der Waals surface area contributed by atoms with Crippen molar-refractivity contribution in [1.29, 1.82) is 0 Å². The third kappa shape index (κ3) is 5.76. The van der Waals surface area contributed by atoms with Crippen molar-refractivity contribution in [3.63, 3.8) is 0 Å². The highest BCUT2D eigenvalue weighted by Gasteiger charge is 2.29. The van der Waals surface area contributed by atoms with Crippen LogP contribution < -0.4 is 5.32 Å². The average molecular weight is 243 g/mol. The Morgan fingerprint density at radius 1 is 1.53 bits per heavy atom. The Kier molecular flexibility index (Phi) is 4.56. The van der Waals surface area contributed by atoms with E-state index in [0.717, 1.165) is 18.6 Å². The molecule has 1 fully saturated rings. The van der Waals surface area contributed by atoms with Gasteiger partial charge in [0.15, 0.2) is 6.61 Å². The maximum atomic E-state index is 11.6. The summed E-state index contributed by atoms with van der Waals surface area (Å²) in [6.45, 7) is -1.15. The Bertz CT molecular complexity index is 216. The van der Waals surface area contributed by atoms with Gasteiger partial charge in [0.2, 0.25) is 0 Å². The van der Waals surface area contributed by atoms with Crippen LogP contribution in [-0.4, -0.2) is 36.4 Å². The Balaban J connectivity index is 2.08. The third-order valence-electron chi connectivity index (χ3n) is 1.86. The SMILES string of the molecule is O=C(NCC1CCCS1)OCC(F)(F)F. The molecule has 1 unspecified atom stereocenters. The lowest BCUT2D eigenvalue weighted by Gasteiger charge is -2.11. The summed E-state index contributed by atoms with van der Waals surface area (Å²) in [4.78, 5) is 10.8. The Hall–Kier alpha value is -0.590. The number of thioether (sulfide) groups is 1. The van der Waals surface area contributed by atoms with Gasteiger partial charge in [-0.1, -0.05) is 0 Å². The summed E-state index contributed by atoms with van der Waals surface area (Å²) in [5.74, 6) is 1.05. The summed E-state index contributed by atoms with van der Waals surface area (Å²) in [5.41, 5.74) is 0. The molecular formula is C8H12F3NO2S. The first-order valence-electron chi connectivity index (χ1n) is 4.56. The maximum Gasteiger partial charge on any atom is 0.422 e. The molecule has 0 spiro atoms. The molecule has 1 amide bonds. The predicted molar refractivity (Wildman–Crippen MR) is 50.9 cm³/mol. The van der Waals surface area contributed by atoms with Crippen LogP contribution in [0.25, 0.3) is 0 Å². The second-order valence-corrected chi connectivity index (χ2v) is 4.62. The van der Waals surface area contributed by atoms with Crippen LogP contribution in [0.3, 0.4) is 0 Å². The zero-order valence-corrected chi connectivity index (χ0v) is 8.79. The maximum absolute atomic E-state index is 11.6. The van der Waals surface area contributed by atoms with Gasteiger partial charge in [-0.25, -0.2) is 4.79 Å². The summed E-state index contributed by atoms with van der Waals surface area (Å²) in [6.07, 6.45) is -3.38. The van der Waals surface area contributed by atoms with Gasteiger partial charge in [-0.05, 0) is 18.6 Å². The fourth-order valence-corrected chi connectivity index (χ4v) is 2.40. The fourth-order valence-electron chi connectivity index (χ4n) is 1.20. The molecule has 1 atom stereocenters. The molecule has 1 heterocycles. The van der Waals surface area contributed by atoms with E-state index < -0.39 is 18.9 Å². The van der Waals surface area contributed by atoms with Gasteiger partial charge in [-0.15, -0.1) is 0 Å². The lowest BCUT2D eigenvalue weighted by atomic mass is 10.2. The molecule has 1 saturated heterocycles. The smallest absolute Gasteiger partial charge is 0.422 e. The standard InChI is InChI=1S/C8H12F3NO2S/c9-8(10,11)5-14-7(13)12-4-6-2-1-3-15-6/h6H,1-5H2,(H,12,13). The quantitative estimate of drug-likeness (QED) is 0.825. The molecule has 15 heavy (non-hydrogen) atoms. The van der Waals surface area contributed by atoms with Crippen LogP contribution >= 0.6 is 11.8 Å². The Morgan fingerprint density at radius 3 is 2.80 bits per heavy atom. The minimum Gasteiger partial charge on any atom is -0.440 e. The van der Waals surface area contributed by atoms with E-state index in [9.17, 15) is 18.0 Å². The number of carbonyl (C=O) groups excluding carboxylic acids is 1. The van der Waals surface area contributed by atoms with Crippen molar-refractivity contribution in [2.24, 2.45) is 0 Å². The molecule has 1 rings (SSSR count). The van der Waals surface area contributed by atoms with Crippen LogP contribution in [0.1, 0.15) is 12.8 Å². The van der Waals surface area contributed by atoms with E-state index in [4.69, 9.17) is 0 Å². The molecule has 0 bridgehead atoms. The van der Waals surface area contributed by atoms with Gasteiger partial charge in [0.05, 0.1) is 0 Å². The number of amides is 1. The lowest BCUT2D eigenvalue weighted by Crippen LogP contribution is -2.32. The number of halogens is 3. The average Bonchev–Trinajstić information content (AvgIpc) is 2.62. The van der Waals surface area contributed by atoms with E-state index in [1.165, 1.54) is 0 Å².